The van der Waals surface area contributed by atoms with Crippen LogP contribution in [0.3, 0.4) is 0 Å². The van der Waals surface area contributed by atoms with Gasteiger partial charge in [-0.3, -0.25) is 9.69 Å². The molecule has 1 aliphatic rings. The number of aromatic nitrogens is 2. The first-order valence-electron chi connectivity index (χ1n) is 10.5. The number of rotatable bonds is 9. The van der Waals surface area contributed by atoms with Crippen molar-refractivity contribution < 1.29 is 19.0 Å². The lowest BCUT2D eigenvalue weighted by molar-refractivity contribution is -0.120. The second-order valence-corrected chi connectivity index (χ2v) is 7.78. The van der Waals surface area contributed by atoms with Crippen LogP contribution in [0.15, 0.2) is 36.5 Å². The van der Waals surface area contributed by atoms with E-state index in [2.05, 4.69) is 4.90 Å². The number of fused-ring (bicyclic) bond motifs is 2. The third kappa shape index (κ3) is 4.40. The van der Waals surface area contributed by atoms with E-state index in [1.807, 2.05) is 40.9 Å². The number of imidazole rings is 1. The van der Waals surface area contributed by atoms with Crippen molar-refractivity contribution >= 4 is 22.9 Å². The number of anilines is 2. The minimum atomic E-state index is -0.0806. The fraction of sp³-hybridized carbons (Fsp3) is 0.391. The first kappa shape index (κ1) is 22.1. The van der Waals surface area contributed by atoms with Gasteiger partial charge in [0.25, 0.3) is 5.91 Å². The van der Waals surface area contributed by atoms with E-state index in [-0.39, 0.29) is 12.5 Å². The molecule has 0 saturated heterocycles. The SMILES string of the molecule is COCCN(CCOC)Cc1c(-c2ccc3c(c2)N(C)C(=O)CO3)nc2ccc(N)cn12. The van der Waals surface area contributed by atoms with E-state index < -0.39 is 0 Å². The van der Waals surface area contributed by atoms with E-state index in [1.165, 1.54) is 0 Å². The summed E-state index contributed by atoms with van der Waals surface area (Å²) in [5.74, 6) is 0.607. The monoisotopic (exact) mass is 439 g/mol. The number of nitrogens with two attached hydrogens (primary N) is 1. The van der Waals surface area contributed by atoms with Gasteiger partial charge in [-0.2, -0.15) is 0 Å². The number of ether oxygens (including phenoxy) is 3. The molecular weight excluding hydrogens is 410 g/mol. The number of methoxy groups -OCH3 is 2. The number of pyridine rings is 1. The van der Waals surface area contributed by atoms with E-state index in [9.17, 15) is 4.79 Å². The minimum absolute atomic E-state index is 0.0513. The molecule has 9 nitrogen and oxygen atoms in total. The summed E-state index contributed by atoms with van der Waals surface area (Å²) in [5, 5.41) is 0. The van der Waals surface area contributed by atoms with Crippen LogP contribution in [0.4, 0.5) is 11.4 Å². The summed E-state index contributed by atoms with van der Waals surface area (Å²) in [4.78, 5) is 20.9. The Morgan fingerprint density at radius 3 is 2.62 bits per heavy atom. The van der Waals surface area contributed by atoms with Crippen LogP contribution >= 0.6 is 0 Å². The molecule has 1 aliphatic heterocycles. The van der Waals surface area contributed by atoms with Crippen molar-refractivity contribution in [3.63, 3.8) is 0 Å². The highest BCUT2D eigenvalue weighted by molar-refractivity contribution is 5.98. The number of amides is 1. The second kappa shape index (κ2) is 9.56. The molecule has 0 fully saturated rings. The van der Waals surface area contributed by atoms with Gasteiger partial charge in [-0.25, -0.2) is 4.98 Å². The molecule has 32 heavy (non-hydrogen) atoms. The zero-order chi connectivity index (χ0) is 22.7. The number of likely N-dealkylation sites (N-methyl/N-ethyl adjacent to an activating group) is 1. The highest BCUT2D eigenvalue weighted by atomic mass is 16.5. The number of hydrogen-bond donors (Lipinski definition) is 1. The van der Waals surface area contributed by atoms with Crippen molar-refractivity contribution in [2.45, 2.75) is 6.54 Å². The third-order valence-corrected chi connectivity index (χ3v) is 5.66. The zero-order valence-corrected chi connectivity index (χ0v) is 18.7. The molecule has 1 amide bonds. The Hall–Kier alpha value is -3.14. The number of carbonyl (C=O) groups is 1. The van der Waals surface area contributed by atoms with Crippen LogP contribution in [-0.2, 0) is 20.8 Å². The molecule has 3 aromatic rings. The van der Waals surface area contributed by atoms with Crippen LogP contribution in [0.25, 0.3) is 16.9 Å². The molecule has 1 aromatic carbocycles. The van der Waals surface area contributed by atoms with Gasteiger partial charge in [-0.05, 0) is 30.3 Å². The van der Waals surface area contributed by atoms with Gasteiger partial charge in [0.2, 0.25) is 0 Å². The maximum absolute atomic E-state index is 12.1. The molecule has 3 heterocycles. The Morgan fingerprint density at radius 2 is 1.91 bits per heavy atom. The molecule has 2 aromatic heterocycles. The van der Waals surface area contributed by atoms with Crippen LogP contribution in [0.1, 0.15) is 5.69 Å². The Kier molecular flexibility index (Phi) is 6.59. The molecule has 0 unspecified atom stereocenters. The Labute approximate surface area is 187 Å². The van der Waals surface area contributed by atoms with E-state index in [0.717, 1.165) is 41.4 Å². The molecule has 0 saturated carbocycles. The van der Waals surface area contributed by atoms with Crippen molar-refractivity contribution in [2.75, 3.05) is 64.8 Å². The van der Waals surface area contributed by atoms with Gasteiger partial charge in [0.1, 0.15) is 11.4 Å². The lowest BCUT2D eigenvalue weighted by Crippen LogP contribution is -2.35. The van der Waals surface area contributed by atoms with Crippen molar-refractivity contribution in [3.05, 3.63) is 42.2 Å². The maximum Gasteiger partial charge on any atom is 0.264 e. The van der Waals surface area contributed by atoms with Crippen molar-refractivity contribution in [1.29, 1.82) is 0 Å². The largest absolute Gasteiger partial charge is 0.482 e. The average molecular weight is 440 g/mol. The maximum atomic E-state index is 12.1. The summed E-state index contributed by atoms with van der Waals surface area (Å²) in [6.45, 7) is 3.42. The molecule has 0 radical (unpaired) electrons. The summed E-state index contributed by atoms with van der Waals surface area (Å²) in [6.07, 6.45) is 1.89. The predicted octanol–water partition coefficient (Wildman–Crippen LogP) is 2.03. The number of hydrogen-bond acceptors (Lipinski definition) is 7. The van der Waals surface area contributed by atoms with Gasteiger partial charge < -0.3 is 29.2 Å². The van der Waals surface area contributed by atoms with Crippen LogP contribution in [0, 0.1) is 0 Å². The molecule has 0 atom stereocenters. The van der Waals surface area contributed by atoms with E-state index in [0.29, 0.717) is 31.2 Å². The van der Waals surface area contributed by atoms with Gasteiger partial charge in [0.05, 0.1) is 30.3 Å². The molecular formula is C23H29N5O4. The topological polar surface area (TPSA) is 94.6 Å². The van der Waals surface area contributed by atoms with Gasteiger partial charge >= 0.3 is 0 Å². The molecule has 0 spiro atoms. The summed E-state index contributed by atoms with van der Waals surface area (Å²) in [7, 11) is 5.15. The van der Waals surface area contributed by atoms with Crippen LogP contribution < -0.4 is 15.4 Å². The predicted molar refractivity (Wildman–Crippen MR) is 123 cm³/mol. The molecule has 170 valence electrons. The number of benzene rings is 1. The number of nitrogens with zero attached hydrogens (tertiary/aromatic N) is 4. The van der Waals surface area contributed by atoms with Crippen LogP contribution in [-0.4, -0.2) is 74.4 Å². The Balaban J connectivity index is 1.79. The first-order valence-corrected chi connectivity index (χ1v) is 10.5. The standard InChI is InChI=1S/C23H29N5O4/c1-26-18-12-16(4-6-20(18)32-15-22(26)29)23-19(14-27(8-10-30-2)9-11-31-3)28-13-17(24)5-7-21(28)25-23/h4-7,12-13H,8-11,14-15,24H2,1-3H3. The van der Waals surface area contributed by atoms with Gasteiger partial charge in [0.15, 0.2) is 6.61 Å². The highest BCUT2D eigenvalue weighted by Crippen LogP contribution is 2.36. The van der Waals surface area contributed by atoms with E-state index in [1.54, 1.807) is 26.2 Å². The van der Waals surface area contributed by atoms with E-state index in [4.69, 9.17) is 24.9 Å². The van der Waals surface area contributed by atoms with Crippen LogP contribution in [0.5, 0.6) is 5.75 Å². The molecule has 9 heteroatoms. The Bertz CT molecular complexity index is 1110. The Morgan fingerprint density at radius 1 is 1.16 bits per heavy atom. The van der Waals surface area contributed by atoms with Gasteiger partial charge in [-0.15, -0.1) is 0 Å². The summed E-state index contributed by atoms with van der Waals surface area (Å²) in [5.41, 5.74) is 11.0. The normalized spacial score (nSPS) is 13.6. The number of carbonyl (C=O) groups excluding carboxylic acids is 1. The summed E-state index contributed by atoms with van der Waals surface area (Å²) in [6, 6.07) is 9.58. The fourth-order valence-corrected chi connectivity index (χ4v) is 3.83. The molecule has 0 bridgehead atoms. The fourth-order valence-electron chi connectivity index (χ4n) is 3.83. The number of nitrogen functional groups attached to an aromatic ring is 1. The second-order valence-electron chi connectivity index (χ2n) is 7.78. The quantitative estimate of drug-likeness (QED) is 0.545. The summed E-state index contributed by atoms with van der Waals surface area (Å²) < 4.78 is 18.2. The van der Waals surface area contributed by atoms with Crippen LogP contribution in [0.2, 0.25) is 0 Å². The van der Waals surface area contributed by atoms with Crippen molar-refractivity contribution in [2.24, 2.45) is 0 Å². The van der Waals surface area contributed by atoms with Gasteiger partial charge in [-0.1, -0.05) is 0 Å². The smallest absolute Gasteiger partial charge is 0.264 e. The lowest BCUT2D eigenvalue weighted by atomic mass is 10.1. The van der Waals surface area contributed by atoms with E-state index >= 15 is 0 Å². The zero-order valence-electron chi connectivity index (χ0n) is 18.7. The summed E-state index contributed by atoms with van der Waals surface area (Å²) >= 11 is 0. The average Bonchev–Trinajstić information content (AvgIpc) is 3.15. The first-order chi connectivity index (χ1) is 15.5. The lowest BCUT2D eigenvalue weighted by Gasteiger charge is -2.26. The minimum Gasteiger partial charge on any atom is -0.482 e. The van der Waals surface area contributed by atoms with Gasteiger partial charge in [0, 0.05) is 58.3 Å². The highest BCUT2D eigenvalue weighted by Gasteiger charge is 2.24. The third-order valence-electron chi connectivity index (χ3n) is 5.66. The molecule has 2 N–H and O–H groups in total. The molecule has 4 rings (SSSR count). The van der Waals surface area contributed by atoms with Crippen molar-refractivity contribution in [1.82, 2.24) is 14.3 Å². The molecule has 0 aliphatic carbocycles. The van der Waals surface area contributed by atoms with Crippen molar-refractivity contribution in [3.8, 4) is 17.0 Å².